The third kappa shape index (κ3) is 2.98. The standard InChI is InChI=1S/C12H8BrF2NO2S/c1-18-11(17)8-9(19-12(13)16-8)6-2-4-7(5-3-6)10(14)15/h2-5,10H,1H3. The van der Waals surface area contributed by atoms with E-state index in [1.54, 1.807) is 0 Å². The van der Waals surface area contributed by atoms with Crippen molar-refractivity contribution in [3.63, 3.8) is 0 Å². The van der Waals surface area contributed by atoms with Crippen LogP contribution in [0, 0.1) is 0 Å². The predicted octanol–water partition coefficient (Wildman–Crippen LogP) is 4.30. The van der Waals surface area contributed by atoms with Gasteiger partial charge in [0.05, 0.1) is 12.0 Å². The number of thiazole rings is 1. The molecule has 0 atom stereocenters. The molecule has 1 aromatic heterocycles. The van der Waals surface area contributed by atoms with E-state index in [9.17, 15) is 13.6 Å². The van der Waals surface area contributed by atoms with E-state index in [1.807, 2.05) is 0 Å². The molecule has 0 amide bonds. The van der Waals surface area contributed by atoms with Crippen molar-refractivity contribution >= 4 is 33.2 Å². The van der Waals surface area contributed by atoms with Gasteiger partial charge in [0.25, 0.3) is 6.43 Å². The molecule has 0 spiro atoms. The summed E-state index contributed by atoms with van der Waals surface area (Å²) < 4.78 is 30.1. The number of carbonyl (C=O) groups is 1. The van der Waals surface area contributed by atoms with Gasteiger partial charge in [0.1, 0.15) is 0 Å². The third-order valence-corrected chi connectivity index (χ3v) is 3.96. The molecular weight excluding hydrogens is 340 g/mol. The molecule has 0 bridgehead atoms. The van der Waals surface area contributed by atoms with E-state index in [0.717, 1.165) is 0 Å². The molecule has 0 aliphatic carbocycles. The van der Waals surface area contributed by atoms with Gasteiger partial charge in [0.15, 0.2) is 9.61 Å². The monoisotopic (exact) mass is 347 g/mol. The lowest BCUT2D eigenvalue weighted by Crippen LogP contribution is -2.03. The molecule has 7 heteroatoms. The molecule has 2 aromatic rings. The van der Waals surface area contributed by atoms with Crippen molar-refractivity contribution in [1.82, 2.24) is 4.98 Å². The molecule has 3 nitrogen and oxygen atoms in total. The highest BCUT2D eigenvalue weighted by Crippen LogP contribution is 2.34. The minimum absolute atomic E-state index is 0.0630. The van der Waals surface area contributed by atoms with Crippen LogP contribution in [-0.4, -0.2) is 18.1 Å². The van der Waals surface area contributed by atoms with Crippen LogP contribution in [0.25, 0.3) is 10.4 Å². The van der Waals surface area contributed by atoms with E-state index < -0.39 is 12.4 Å². The average Bonchev–Trinajstić information content (AvgIpc) is 2.80. The Morgan fingerprint density at radius 2 is 2.00 bits per heavy atom. The van der Waals surface area contributed by atoms with Gasteiger partial charge in [-0.1, -0.05) is 24.3 Å². The summed E-state index contributed by atoms with van der Waals surface area (Å²) in [6, 6.07) is 5.73. The maximum Gasteiger partial charge on any atom is 0.358 e. The summed E-state index contributed by atoms with van der Waals surface area (Å²) in [6.07, 6.45) is -2.51. The highest BCUT2D eigenvalue weighted by Gasteiger charge is 2.19. The van der Waals surface area contributed by atoms with E-state index in [4.69, 9.17) is 0 Å². The molecule has 0 saturated carbocycles. The van der Waals surface area contributed by atoms with E-state index in [2.05, 4.69) is 25.7 Å². The number of hydrogen-bond acceptors (Lipinski definition) is 4. The predicted molar refractivity (Wildman–Crippen MR) is 71.5 cm³/mol. The first-order chi connectivity index (χ1) is 9.02. The van der Waals surface area contributed by atoms with Gasteiger partial charge in [0.2, 0.25) is 0 Å². The first-order valence-corrected chi connectivity index (χ1v) is 6.77. The zero-order valence-corrected chi connectivity index (χ0v) is 12.1. The van der Waals surface area contributed by atoms with E-state index in [0.29, 0.717) is 14.4 Å². The topological polar surface area (TPSA) is 39.2 Å². The smallest absolute Gasteiger partial charge is 0.358 e. The second-order valence-electron chi connectivity index (χ2n) is 3.56. The number of rotatable bonds is 3. The molecule has 0 radical (unpaired) electrons. The molecule has 1 heterocycles. The highest BCUT2D eigenvalue weighted by atomic mass is 79.9. The van der Waals surface area contributed by atoms with Crippen LogP contribution in [0.4, 0.5) is 8.78 Å². The van der Waals surface area contributed by atoms with Crippen LogP contribution in [0.2, 0.25) is 0 Å². The summed E-state index contributed by atoms with van der Waals surface area (Å²) in [7, 11) is 1.26. The largest absolute Gasteiger partial charge is 0.464 e. The maximum absolute atomic E-state index is 12.5. The molecule has 1 aromatic carbocycles. The van der Waals surface area contributed by atoms with Gasteiger partial charge in [0, 0.05) is 5.56 Å². The van der Waals surface area contributed by atoms with Gasteiger partial charge in [-0.05, 0) is 21.5 Å². The lowest BCUT2D eigenvalue weighted by Gasteiger charge is -2.03. The van der Waals surface area contributed by atoms with Gasteiger partial charge in [-0.25, -0.2) is 18.6 Å². The van der Waals surface area contributed by atoms with Gasteiger partial charge < -0.3 is 4.74 Å². The van der Waals surface area contributed by atoms with Crippen molar-refractivity contribution in [1.29, 1.82) is 0 Å². The van der Waals surface area contributed by atoms with E-state index >= 15 is 0 Å². The molecule has 19 heavy (non-hydrogen) atoms. The Bertz CT molecular complexity index is 598. The first-order valence-electron chi connectivity index (χ1n) is 5.16. The number of halogens is 3. The molecule has 0 aliphatic rings. The Balaban J connectivity index is 2.44. The van der Waals surface area contributed by atoms with Crippen molar-refractivity contribution in [3.05, 3.63) is 39.4 Å². The van der Waals surface area contributed by atoms with E-state index in [1.165, 1.54) is 42.7 Å². The Morgan fingerprint density at radius 3 is 2.53 bits per heavy atom. The molecule has 0 fully saturated rings. The van der Waals surface area contributed by atoms with Crippen LogP contribution in [-0.2, 0) is 4.74 Å². The van der Waals surface area contributed by atoms with Crippen LogP contribution < -0.4 is 0 Å². The number of esters is 1. The fourth-order valence-electron chi connectivity index (χ4n) is 1.50. The van der Waals surface area contributed by atoms with Crippen LogP contribution in [0.5, 0.6) is 0 Å². The van der Waals surface area contributed by atoms with Crippen molar-refractivity contribution in [2.75, 3.05) is 7.11 Å². The maximum atomic E-state index is 12.5. The summed E-state index contributed by atoms with van der Waals surface area (Å²) in [5.41, 5.74) is 0.754. The average molecular weight is 348 g/mol. The highest BCUT2D eigenvalue weighted by molar-refractivity contribution is 9.11. The number of alkyl halides is 2. The van der Waals surface area contributed by atoms with Crippen molar-refractivity contribution in [2.45, 2.75) is 6.43 Å². The van der Waals surface area contributed by atoms with Gasteiger partial charge in [-0.3, -0.25) is 0 Å². The van der Waals surface area contributed by atoms with Gasteiger partial charge in [-0.2, -0.15) is 0 Å². The van der Waals surface area contributed by atoms with Gasteiger partial charge >= 0.3 is 5.97 Å². The zero-order chi connectivity index (χ0) is 14.0. The third-order valence-electron chi connectivity index (χ3n) is 2.40. The molecule has 0 saturated heterocycles. The second kappa shape index (κ2) is 5.75. The van der Waals surface area contributed by atoms with Crippen molar-refractivity contribution in [3.8, 4) is 10.4 Å². The number of carbonyl (C=O) groups excluding carboxylic acids is 1. The van der Waals surface area contributed by atoms with Crippen molar-refractivity contribution < 1.29 is 18.3 Å². The number of hydrogen-bond donors (Lipinski definition) is 0. The number of nitrogens with zero attached hydrogens (tertiary/aromatic N) is 1. The summed E-state index contributed by atoms with van der Waals surface area (Å²) in [4.78, 5) is 16.2. The van der Waals surface area contributed by atoms with Crippen LogP contribution >= 0.6 is 27.3 Å². The summed E-state index contributed by atoms with van der Waals surface area (Å²) in [6.45, 7) is 0. The van der Waals surface area contributed by atoms with E-state index in [-0.39, 0.29) is 11.3 Å². The Labute approximate surface area is 120 Å². The molecule has 2 rings (SSSR count). The molecule has 0 aliphatic heterocycles. The molecule has 100 valence electrons. The first kappa shape index (κ1) is 14.1. The summed E-state index contributed by atoms with van der Waals surface area (Å²) >= 11 is 4.44. The van der Waals surface area contributed by atoms with Crippen LogP contribution in [0.3, 0.4) is 0 Å². The lowest BCUT2D eigenvalue weighted by atomic mass is 10.1. The fraction of sp³-hybridized carbons (Fsp3) is 0.167. The SMILES string of the molecule is COC(=O)c1nc(Br)sc1-c1ccc(C(F)F)cc1. The van der Waals surface area contributed by atoms with Crippen LogP contribution in [0.1, 0.15) is 22.5 Å². The number of benzene rings is 1. The summed E-state index contributed by atoms with van der Waals surface area (Å²) in [5.74, 6) is -0.560. The van der Waals surface area contributed by atoms with Crippen molar-refractivity contribution in [2.24, 2.45) is 0 Å². The quantitative estimate of drug-likeness (QED) is 0.777. The Kier molecular flexibility index (Phi) is 4.26. The number of aromatic nitrogens is 1. The minimum Gasteiger partial charge on any atom is -0.464 e. The summed E-state index contributed by atoms with van der Waals surface area (Å²) in [5, 5.41) is 0. The second-order valence-corrected chi connectivity index (χ2v) is 5.83. The minimum atomic E-state index is -2.51. The van der Waals surface area contributed by atoms with Gasteiger partial charge in [-0.15, -0.1) is 11.3 Å². The fourth-order valence-corrected chi connectivity index (χ4v) is 2.95. The zero-order valence-electron chi connectivity index (χ0n) is 9.69. The number of methoxy groups -OCH3 is 1. The lowest BCUT2D eigenvalue weighted by molar-refractivity contribution is 0.0595. The normalized spacial score (nSPS) is 10.8. The Hall–Kier alpha value is -1.34. The molecular formula is C12H8BrF2NO2S. The van der Waals surface area contributed by atoms with Crippen LogP contribution in [0.15, 0.2) is 28.2 Å². The molecule has 0 unspecified atom stereocenters. The molecule has 0 N–H and O–H groups in total. The number of ether oxygens (including phenoxy) is 1. The Morgan fingerprint density at radius 1 is 1.37 bits per heavy atom.